The van der Waals surface area contributed by atoms with Crippen molar-refractivity contribution in [2.75, 3.05) is 5.75 Å². The zero-order valence-corrected chi connectivity index (χ0v) is 6.92. The maximum Gasteiger partial charge on any atom is 0.0693 e. The van der Waals surface area contributed by atoms with Gasteiger partial charge < -0.3 is 0 Å². The van der Waals surface area contributed by atoms with E-state index in [0.29, 0.717) is 5.75 Å². The molecule has 0 saturated heterocycles. The second-order valence-corrected chi connectivity index (χ2v) is 3.71. The summed E-state index contributed by atoms with van der Waals surface area (Å²) in [6, 6.07) is 0. The van der Waals surface area contributed by atoms with Crippen LogP contribution in [0.25, 0.3) is 0 Å². The first kappa shape index (κ1) is 29.6. The Hall–Kier alpha value is -1.02. The largest absolute Gasteiger partial charge is 0.249 e. The first-order chi connectivity index (χ1) is 3.71. The molecule has 1 atom stereocenters. The van der Waals surface area contributed by atoms with E-state index in [0.717, 1.165) is 0 Å². The fraction of sp³-hybridized carbons (Fsp3) is 0.200. The average Bonchev–Trinajstić information content (AvgIpc) is 1.65. The summed E-state index contributed by atoms with van der Waals surface area (Å²) < 4.78 is 17.8. The molecule has 1 heterocycles. The van der Waals surface area contributed by atoms with Crippen molar-refractivity contribution in [2.24, 2.45) is 0 Å². The van der Waals surface area contributed by atoms with E-state index in [2.05, 4.69) is 0 Å². The number of hydrogen-bond acceptors (Lipinski definition) is 2. The van der Waals surface area contributed by atoms with Crippen LogP contribution in [0.2, 0.25) is 0 Å². The number of hydrogen-bond donors (Lipinski definition) is 1. The molecule has 1 aliphatic rings. The molecule has 0 saturated carbocycles. The van der Waals surface area contributed by atoms with E-state index in [1.165, 1.54) is 5.41 Å². The first-order valence-electron chi connectivity index (χ1n) is 2.30. The summed E-state index contributed by atoms with van der Waals surface area (Å²) in [5.74, 6) is 0.378. The third-order valence-electron chi connectivity index (χ3n) is 0.889. The summed E-state index contributed by atoms with van der Waals surface area (Å²) in [5, 5.41) is 1.44. The van der Waals surface area contributed by atoms with Crippen LogP contribution >= 0.6 is 0 Å². The standard InChI is InChI=1S/C5H7NOS.5Ne/c6-8(7)4-2-1-3-5-8;;;;;/h1-4,6H,5H2;;;;;. The van der Waals surface area contributed by atoms with Crippen molar-refractivity contribution >= 4 is 9.73 Å². The van der Waals surface area contributed by atoms with Gasteiger partial charge in [-0.05, 0) is 0 Å². The van der Waals surface area contributed by atoms with E-state index in [9.17, 15) is 4.21 Å². The van der Waals surface area contributed by atoms with Crippen molar-refractivity contribution in [3.05, 3.63) is 23.6 Å². The predicted octanol–water partition coefficient (Wildman–Crippen LogP) is 1.12. The van der Waals surface area contributed by atoms with Crippen LogP contribution in [0.3, 0.4) is 0 Å². The minimum Gasteiger partial charge on any atom is -0.249 e. The van der Waals surface area contributed by atoms with Gasteiger partial charge in [0.15, 0.2) is 0 Å². The summed E-state index contributed by atoms with van der Waals surface area (Å²) in [4.78, 5) is 0. The van der Waals surface area contributed by atoms with E-state index in [1.807, 2.05) is 0 Å². The van der Waals surface area contributed by atoms with Crippen LogP contribution in [0.1, 0.15) is 0 Å². The molecule has 0 radical (unpaired) electrons. The molecular weight excluding hydrogens is 223 g/mol. The maximum atomic E-state index is 10.7. The van der Waals surface area contributed by atoms with E-state index in [-0.39, 0.29) is 30.8 Å². The quantitative estimate of drug-likeness (QED) is 0.665. The molecule has 0 aromatic heterocycles. The van der Waals surface area contributed by atoms with Gasteiger partial charge in [0.2, 0.25) is 0 Å². The van der Waals surface area contributed by atoms with Gasteiger partial charge in [0.1, 0.15) is 0 Å². The van der Waals surface area contributed by atoms with Crippen molar-refractivity contribution in [3.63, 3.8) is 0 Å². The van der Waals surface area contributed by atoms with E-state index in [1.54, 1.807) is 18.2 Å². The summed E-state index contributed by atoms with van der Waals surface area (Å²) in [7, 11) is -2.35. The molecule has 8 heteroatoms. The predicted molar refractivity (Wildman–Crippen MR) is 34.0 cm³/mol. The van der Waals surface area contributed by atoms with Crippen molar-refractivity contribution in [1.29, 1.82) is 4.78 Å². The summed E-state index contributed by atoms with van der Waals surface area (Å²) in [6.07, 6.45) is 5.20. The molecule has 13 heavy (non-hydrogen) atoms. The van der Waals surface area contributed by atoms with Crippen LogP contribution in [0.4, 0.5) is 0 Å². The molecule has 0 bridgehead atoms. The van der Waals surface area contributed by atoms with Crippen LogP contribution < -0.4 is 0 Å². The Morgan fingerprint density at radius 3 is 1.62 bits per heavy atom. The third kappa shape index (κ3) is 11.0. The molecule has 2 nitrogen and oxygen atoms in total. The summed E-state index contributed by atoms with van der Waals surface area (Å²) in [6.45, 7) is 0. The van der Waals surface area contributed by atoms with Crippen molar-refractivity contribution in [2.45, 2.75) is 0 Å². The average molecular weight is 230 g/mol. The molecule has 0 aromatic rings. The van der Waals surface area contributed by atoms with Gasteiger partial charge in [0.25, 0.3) is 0 Å². The van der Waals surface area contributed by atoms with E-state index >= 15 is 0 Å². The molecule has 0 fully saturated rings. The molecule has 84 valence electrons. The number of rotatable bonds is 0. The Labute approximate surface area is 79.6 Å². The van der Waals surface area contributed by atoms with Crippen LogP contribution in [0.5, 0.6) is 0 Å². The molecule has 0 spiro atoms. The normalized spacial score (nSPS) is 21.8. The molecule has 1 rings (SSSR count). The van der Waals surface area contributed by atoms with E-state index < -0.39 is 9.73 Å². The van der Waals surface area contributed by atoms with Gasteiger partial charge in [-0.15, -0.1) is 0 Å². The Morgan fingerprint density at radius 1 is 1.00 bits per heavy atom. The van der Waals surface area contributed by atoms with Crippen LogP contribution in [0, 0.1) is 35.5 Å². The van der Waals surface area contributed by atoms with Gasteiger partial charge in [-0.3, -0.25) is 0 Å². The van der Waals surface area contributed by atoms with Crippen LogP contribution in [-0.2, 0) is 9.73 Å². The van der Waals surface area contributed by atoms with Gasteiger partial charge in [-0.25, -0.2) is 8.99 Å². The second-order valence-electron chi connectivity index (χ2n) is 1.65. The Balaban J connectivity index is -0.0000000427. The first-order valence-corrected chi connectivity index (χ1v) is 4.09. The Bertz CT molecular complexity index is 235. The molecule has 1 N–H and O–H groups in total. The topological polar surface area (TPSA) is 40.9 Å². The van der Waals surface area contributed by atoms with Crippen LogP contribution in [-0.4, -0.2) is 9.96 Å². The van der Waals surface area contributed by atoms with Gasteiger partial charge in [-0.2, -0.15) is 0 Å². The molecular formula is C5H7NNe5OS. The number of nitrogens with one attached hydrogen (secondary N) is 1. The zero-order valence-electron chi connectivity index (χ0n) is 6.10. The second kappa shape index (κ2) is 11.0. The fourth-order valence-electron chi connectivity index (χ4n) is 0.505. The third-order valence-corrected chi connectivity index (χ3v) is 2.17. The SMILES string of the molecule is N=S1(=O)C=CC=CC1.[Ne].[Ne].[Ne].[Ne].[Ne]. The van der Waals surface area contributed by atoms with Crippen LogP contribution in [0.15, 0.2) is 23.6 Å². The van der Waals surface area contributed by atoms with Crippen molar-refractivity contribution < 1.29 is 35.0 Å². The van der Waals surface area contributed by atoms with E-state index in [4.69, 9.17) is 4.78 Å². The smallest absolute Gasteiger partial charge is 0.0693 e. The minimum atomic E-state index is -2.35. The van der Waals surface area contributed by atoms with Gasteiger partial charge in [-0.1, -0.05) is 18.2 Å². The number of allylic oxidation sites excluding steroid dienone is 2. The molecule has 1 aliphatic heterocycles. The van der Waals surface area contributed by atoms with Gasteiger partial charge in [0.05, 0.1) is 15.5 Å². The Kier molecular flexibility index (Phi) is 25.0. The molecule has 0 aliphatic carbocycles. The van der Waals surface area contributed by atoms with Crippen molar-refractivity contribution in [1.82, 2.24) is 0 Å². The minimum absolute atomic E-state index is 0. The molecule has 0 amide bonds. The van der Waals surface area contributed by atoms with Crippen molar-refractivity contribution in [3.8, 4) is 0 Å². The monoisotopic (exact) mass is 229 g/mol. The zero-order chi connectivity index (χ0) is 6.04. The van der Waals surface area contributed by atoms with Gasteiger partial charge in [0, 0.05) is 36.2 Å². The van der Waals surface area contributed by atoms with Gasteiger partial charge >= 0.3 is 0 Å². The fourth-order valence-corrected chi connectivity index (χ4v) is 1.36. The molecule has 0 aromatic carbocycles. The maximum absolute atomic E-state index is 10.7. The molecule has 1 unspecified atom stereocenters. The summed E-state index contributed by atoms with van der Waals surface area (Å²) >= 11 is 0. The Morgan fingerprint density at radius 2 is 1.46 bits per heavy atom. The summed E-state index contributed by atoms with van der Waals surface area (Å²) in [5.41, 5.74) is 0.